The quantitative estimate of drug-likeness (QED) is 0.480. The number of nitrogens with one attached hydrogen (secondary N) is 1. The van der Waals surface area contributed by atoms with Crippen molar-refractivity contribution in [3.8, 4) is 5.69 Å². The Bertz CT molecular complexity index is 1290. The molecule has 0 unspecified atom stereocenters. The van der Waals surface area contributed by atoms with Gasteiger partial charge in [-0.2, -0.15) is 5.10 Å². The highest BCUT2D eigenvalue weighted by Gasteiger charge is 2.22. The molecule has 0 spiro atoms. The standard InChI is InChI=1S/C23H20FN3O4/c1-13-17-10-7-11-18(24)22(17)31-21(13)23(29)30-12-19(28)25-20-14(2)26-27(15(20)3)16-8-5-4-6-9-16/h4-11H,12H2,1-3H3,(H,25,28). The Morgan fingerprint density at radius 3 is 2.55 bits per heavy atom. The third-order valence-electron chi connectivity index (χ3n) is 4.99. The highest BCUT2D eigenvalue weighted by Crippen LogP contribution is 2.28. The van der Waals surface area contributed by atoms with Gasteiger partial charge in [-0.25, -0.2) is 13.9 Å². The van der Waals surface area contributed by atoms with Crippen LogP contribution in [-0.2, 0) is 9.53 Å². The number of carbonyl (C=O) groups excluding carboxylic acids is 2. The lowest BCUT2D eigenvalue weighted by atomic mass is 10.1. The summed E-state index contributed by atoms with van der Waals surface area (Å²) in [6.45, 7) is 4.72. The summed E-state index contributed by atoms with van der Waals surface area (Å²) in [7, 11) is 0. The van der Waals surface area contributed by atoms with Gasteiger partial charge in [0.25, 0.3) is 5.91 Å². The van der Waals surface area contributed by atoms with Crippen LogP contribution in [0.2, 0.25) is 0 Å². The maximum atomic E-state index is 13.9. The van der Waals surface area contributed by atoms with Crippen molar-refractivity contribution in [3.05, 3.63) is 77.1 Å². The largest absolute Gasteiger partial charge is 0.450 e. The van der Waals surface area contributed by atoms with Crippen molar-refractivity contribution < 1.29 is 23.1 Å². The van der Waals surface area contributed by atoms with Crippen LogP contribution in [0.3, 0.4) is 0 Å². The van der Waals surface area contributed by atoms with Gasteiger partial charge in [0.1, 0.15) is 0 Å². The minimum atomic E-state index is -0.836. The van der Waals surface area contributed by atoms with Gasteiger partial charge in [-0.3, -0.25) is 4.79 Å². The van der Waals surface area contributed by atoms with Gasteiger partial charge in [-0.05, 0) is 39.0 Å². The number of hydrogen-bond donors (Lipinski definition) is 1. The van der Waals surface area contributed by atoms with Gasteiger partial charge in [0.05, 0.1) is 22.8 Å². The van der Waals surface area contributed by atoms with E-state index in [0.29, 0.717) is 22.3 Å². The van der Waals surface area contributed by atoms with E-state index in [9.17, 15) is 14.0 Å². The lowest BCUT2D eigenvalue weighted by Crippen LogP contribution is -2.21. The first-order valence-corrected chi connectivity index (χ1v) is 9.63. The number of aromatic nitrogens is 2. The number of nitrogens with zero attached hydrogens (tertiary/aromatic N) is 2. The Balaban J connectivity index is 1.46. The molecule has 2 aromatic heterocycles. The predicted molar refractivity (Wildman–Crippen MR) is 113 cm³/mol. The zero-order valence-electron chi connectivity index (χ0n) is 17.2. The Morgan fingerprint density at radius 2 is 1.84 bits per heavy atom. The number of hydrogen-bond acceptors (Lipinski definition) is 5. The van der Waals surface area contributed by atoms with Gasteiger partial charge in [-0.1, -0.05) is 30.3 Å². The number of carbonyl (C=O) groups is 2. The molecule has 0 saturated carbocycles. The Labute approximate surface area is 177 Å². The van der Waals surface area contributed by atoms with Crippen molar-refractivity contribution in [1.29, 1.82) is 0 Å². The van der Waals surface area contributed by atoms with Crippen LogP contribution in [0.5, 0.6) is 0 Å². The number of fused-ring (bicyclic) bond motifs is 1. The molecule has 0 bridgehead atoms. The minimum Gasteiger partial charge on any atom is -0.450 e. The monoisotopic (exact) mass is 421 g/mol. The second-order valence-electron chi connectivity index (χ2n) is 7.09. The van der Waals surface area contributed by atoms with Gasteiger partial charge in [0.15, 0.2) is 18.0 Å². The highest BCUT2D eigenvalue weighted by molar-refractivity contribution is 5.98. The SMILES string of the molecule is Cc1nn(-c2ccccc2)c(C)c1NC(=O)COC(=O)c1oc2c(F)cccc2c1C. The average Bonchev–Trinajstić information content (AvgIpc) is 3.25. The van der Waals surface area contributed by atoms with Gasteiger partial charge >= 0.3 is 5.97 Å². The number of halogens is 1. The maximum Gasteiger partial charge on any atom is 0.375 e. The molecule has 1 N–H and O–H groups in total. The topological polar surface area (TPSA) is 86.4 Å². The Hall–Kier alpha value is -3.94. The fourth-order valence-corrected chi connectivity index (χ4v) is 3.42. The summed E-state index contributed by atoms with van der Waals surface area (Å²) in [6, 6.07) is 13.9. The van der Waals surface area contributed by atoms with E-state index in [0.717, 1.165) is 11.4 Å². The number of ether oxygens (including phenoxy) is 1. The van der Waals surface area contributed by atoms with E-state index in [4.69, 9.17) is 9.15 Å². The van der Waals surface area contributed by atoms with Gasteiger partial charge in [0.2, 0.25) is 5.76 Å². The van der Waals surface area contributed by atoms with Gasteiger partial charge < -0.3 is 14.5 Å². The lowest BCUT2D eigenvalue weighted by Gasteiger charge is -2.07. The maximum absolute atomic E-state index is 13.9. The molecule has 0 fully saturated rings. The molecule has 158 valence electrons. The van der Waals surface area contributed by atoms with Crippen LogP contribution in [-0.4, -0.2) is 28.3 Å². The van der Waals surface area contributed by atoms with Crippen LogP contribution in [0.1, 0.15) is 27.5 Å². The van der Waals surface area contributed by atoms with Crippen molar-refractivity contribution in [2.75, 3.05) is 11.9 Å². The predicted octanol–water partition coefficient (Wildman–Crippen LogP) is 4.48. The van der Waals surface area contributed by atoms with Crippen LogP contribution in [0.15, 0.2) is 52.9 Å². The molecule has 2 aromatic carbocycles. The summed E-state index contributed by atoms with van der Waals surface area (Å²) < 4.78 is 26.0. The molecule has 1 amide bonds. The van der Waals surface area contributed by atoms with E-state index < -0.39 is 24.3 Å². The molecular formula is C23H20FN3O4. The number of benzene rings is 2. The van der Waals surface area contributed by atoms with Gasteiger partial charge in [-0.15, -0.1) is 0 Å². The second-order valence-corrected chi connectivity index (χ2v) is 7.09. The summed E-state index contributed by atoms with van der Waals surface area (Å²) in [5.41, 5.74) is 3.22. The second kappa shape index (κ2) is 8.06. The van der Waals surface area contributed by atoms with E-state index in [1.165, 1.54) is 12.1 Å². The average molecular weight is 421 g/mol. The summed E-state index contributed by atoms with van der Waals surface area (Å²) in [5.74, 6) is -2.06. The molecule has 0 aliphatic carbocycles. The number of amides is 1. The smallest absolute Gasteiger partial charge is 0.375 e. The lowest BCUT2D eigenvalue weighted by molar-refractivity contribution is -0.119. The first kappa shape index (κ1) is 20.3. The molecule has 31 heavy (non-hydrogen) atoms. The third kappa shape index (κ3) is 3.79. The highest BCUT2D eigenvalue weighted by atomic mass is 19.1. The number of para-hydroxylation sites is 2. The Morgan fingerprint density at radius 1 is 1.10 bits per heavy atom. The van der Waals surface area contributed by atoms with Crippen molar-refractivity contribution >= 4 is 28.5 Å². The van der Waals surface area contributed by atoms with E-state index in [2.05, 4.69) is 10.4 Å². The number of furan rings is 1. The fraction of sp³-hybridized carbons (Fsp3) is 0.174. The molecule has 4 rings (SSSR count). The number of esters is 1. The van der Waals surface area contributed by atoms with E-state index in [-0.39, 0.29) is 11.3 Å². The molecule has 0 saturated heterocycles. The van der Waals surface area contributed by atoms with Crippen LogP contribution in [0, 0.1) is 26.6 Å². The van der Waals surface area contributed by atoms with Crippen LogP contribution in [0.25, 0.3) is 16.7 Å². The molecule has 2 heterocycles. The molecule has 4 aromatic rings. The first-order valence-electron chi connectivity index (χ1n) is 9.63. The first-order chi connectivity index (χ1) is 14.9. The number of rotatable bonds is 5. The summed E-state index contributed by atoms with van der Waals surface area (Å²) >= 11 is 0. The molecule has 8 heteroatoms. The zero-order valence-corrected chi connectivity index (χ0v) is 17.2. The van der Waals surface area contributed by atoms with Crippen LogP contribution < -0.4 is 5.32 Å². The Kier molecular flexibility index (Phi) is 5.29. The third-order valence-corrected chi connectivity index (χ3v) is 4.99. The van der Waals surface area contributed by atoms with E-state index in [1.807, 2.05) is 37.3 Å². The van der Waals surface area contributed by atoms with Crippen molar-refractivity contribution in [2.24, 2.45) is 0 Å². The number of aryl methyl sites for hydroxylation is 2. The molecular weight excluding hydrogens is 401 g/mol. The summed E-state index contributed by atoms with van der Waals surface area (Å²) in [6.07, 6.45) is 0. The van der Waals surface area contributed by atoms with Crippen LogP contribution in [0.4, 0.5) is 10.1 Å². The minimum absolute atomic E-state index is 0.0176. The van der Waals surface area contributed by atoms with E-state index in [1.54, 1.807) is 24.6 Å². The molecule has 0 aliphatic heterocycles. The van der Waals surface area contributed by atoms with Crippen molar-refractivity contribution in [2.45, 2.75) is 20.8 Å². The molecule has 0 radical (unpaired) electrons. The number of anilines is 1. The summed E-state index contributed by atoms with van der Waals surface area (Å²) in [5, 5.41) is 7.68. The zero-order chi connectivity index (χ0) is 22.1. The molecule has 0 atom stereocenters. The van der Waals surface area contributed by atoms with Crippen LogP contribution >= 0.6 is 0 Å². The van der Waals surface area contributed by atoms with E-state index >= 15 is 0 Å². The summed E-state index contributed by atoms with van der Waals surface area (Å²) in [4.78, 5) is 24.8. The molecule has 0 aliphatic rings. The van der Waals surface area contributed by atoms with Crippen molar-refractivity contribution in [1.82, 2.24) is 9.78 Å². The van der Waals surface area contributed by atoms with Gasteiger partial charge in [0, 0.05) is 10.9 Å². The van der Waals surface area contributed by atoms with Crippen molar-refractivity contribution in [3.63, 3.8) is 0 Å². The normalized spacial score (nSPS) is 11.0. The molecule has 7 nitrogen and oxygen atoms in total. The fourth-order valence-electron chi connectivity index (χ4n) is 3.42.